The zero-order valence-corrected chi connectivity index (χ0v) is 21.4. The molecule has 6 heteroatoms. The lowest BCUT2D eigenvalue weighted by molar-refractivity contribution is -0.114. The minimum absolute atomic E-state index is 0.0632. The van der Waals surface area contributed by atoms with Gasteiger partial charge in [0.15, 0.2) is 0 Å². The summed E-state index contributed by atoms with van der Waals surface area (Å²) in [6, 6.07) is 12.3. The Hall–Kier alpha value is -2.41. The molecule has 0 spiro atoms. The van der Waals surface area contributed by atoms with Crippen LogP contribution in [0.25, 0.3) is 0 Å². The van der Waals surface area contributed by atoms with Crippen molar-refractivity contribution in [2.45, 2.75) is 64.3 Å². The lowest BCUT2D eigenvalue weighted by atomic mass is 9.81. The van der Waals surface area contributed by atoms with E-state index in [2.05, 4.69) is 45.1 Å². The zero-order valence-electron chi connectivity index (χ0n) is 20.6. The summed E-state index contributed by atoms with van der Waals surface area (Å²) in [6.45, 7) is 9.56. The summed E-state index contributed by atoms with van der Waals surface area (Å²) < 4.78 is 3.55. The Morgan fingerprint density at radius 3 is 2.33 bits per heavy atom. The van der Waals surface area contributed by atoms with Crippen molar-refractivity contribution in [1.29, 1.82) is 0 Å². The predicted octanol–water partition coefficient (Wildman–Crippen LogP) is 5.30. The third-order valence-corrected chi connectivity index (χ3v) is 7.58. The van der Waals surface area contributed by atoms with E-state index in [1.54, 1.807) is 17.3 Å². The van der Waals surface area contributed by atoms with E-state index in [-0.39, 0.29) is 5.91 Å². The molecule has 1 unspecified atom stereocenters. The van der Waals surface area contributed by atoms with E-state index in [0.29, 0.717) is 6.04 Å². The fourth-order valence-electron chi connectivity index (χ4n) is 3.67. The molecule has 2 aromatic rings. The lowest BCUT2D eigenvalue weighted by Crippen LogP contribution is -2.43. The van der Waals surface area contributed by atoms with Crippen molar-refractivity contribution in [1.82, 2.24) is 15.0 Å². The van der Waals surface area contributed by atoms with E-state index in [9.17, 15) is 4.79 Å². The van der Waals surface area contributed by atoms with Gasteiger partial charge in [-0.3, -0.25) is 14.5 Å². The first-order valence-corrected chi connectivity index (χ1v) is 13.8. The number of anilines is 1. The van der Waals surface area contributed by atoms with Crippen LogP contribution in [0, 0.1) is 0 Å². The fraction of sp³-hybridized carbons (Fsp3) is 0.407. The summed E-state index contributed by atoms with van der Waals surface area (Å²) in [5.41, 5.74) is 5.38. The van der Waals surface area contributed by atoms with E-state index in [0.717, 1.165) is 36.5 Å². The number of amides is 1. The van der Waals surface area contributed by atoms with Crippen LogP contribution in [-0.2, 0) is 11.2 Å². The van der Waals surface area contributed by atoms with E-state index in [4.69, 9.17) is 0 Å². The highest BCUT2D eigenvalue weighted by atomic mass is 32.2. The van der Waals surface area contributed by atoms with Crippen LogP contribution in [0.3, 0.4) is 0 Å². The van der Waals surface area contributed by atoms with E-state index in [1.807, 2.05) is 50.4 Å². The van der Waals surface area contributed by atoms with Crippen molar-refractivity contribution >= 4 is 32.7 Å². The first-order valence-electron chi connectivity index (χ1n) is 11.8. The molecule has 1 atom stereocenters. The highest BCUT2D eigenvalue weighted by Gasteiger charge is 2.25. The Balaban J connectivity index is 0.000000323. The molecule has 2 aliphatic rings. The molecule has 1 aromatic heterocycles. The zero-order chi connectivity index (χ0) is 24.3. The monoisotopic (exact) mass is 468 g/mol. The quantitative estimate of drug-likeness (QED) is 0.398. The van der Waals surface area contributed by atoms with Gasteiger partial charge in [-0.1, -0.05) is 49.7 Å². The van der Waals surface area contributed by atoms with Crippen LogP contribution in [0.15, 0.2) is 64.8 Å². The second-order valence-corrected chi connectivity index (χ2v) is 10.7. The van der Waals surface area contributed by atoms with Crippen molar-refractivity contribution in [2.75, 3.05) is 18.4 Å². The topological polar surface area (TPSA) is 66.0 Å². The van der Waals surface area contributed by atoms with Gasteiger partial charge in [-0.2, -0.15) is 0 Å². The number of nitrogens with one attached hydrogen (secondary N) is 3. The van der Waals surface area contributed by atoms with Crippen LogP contribution < -0.4 is 15.4 Å². The number of benzene rings is 1. The van der Waals surface area contributed by atoms with Gasteiger partial charge in [-0.25, -0.2) is 0 Å². The summed E-state index contributed by atoms with van der Waals surface area (Å²) in [5.74, 6) is 8.53. The molecule has 1 aliphatic carbocycles. The van der Waals surface area contributed by atoms with Gasteiger partial charge in [0.25, 0.3) is 0 Å². The molecule has 0 radical (unpaired) electrons. The van der Waals surface area contributed by atoms with Gasteiger partial charge in [0.2, 0.25) is 5.91 Å². The number of carbonyl (C=O) groups excluding carboxylic acids is 1. The Morgan fingerprint density at radius 1 is 1.15 bits per heavy atom. The SMILES string of the molecule is C=S(=C)(NCC1CC2=C(CC2)CN1)c1ccc(NC(C)=O)cc1.CC.CCc1cccnc1. The standard InChI is InChI=1S/C18H25N3OS.C7H9N.C2H6/c1-13(22)21-16-6-8-18(9-7-16)23(2,3)20-12-17-10-14-4-5-15(14)11-19-17;1-2-7-4-3-5-8-6-7;1-2/h6-9,17,19-20H,2-5,10-12H2,1H3,(H,21,22);3-6H,2H2,1H3;1-2H3. The van der Waals surface area contributed by atoms with Crippen LogP contribution in [-0.4, -0.2) is 41.8 Å². The number of carbonyl (C=O) groups is 1. The number of aryl methyl sites for hydroxylation is 1. The van der Waals surface area contributed by atoms with Crippen LogP contribution >= 0.6 is 9.39 Å². The van der Waals surface area contributed by atoms with Gasteiger partial charge in [-0.15, -0.1) is 9.39 Å². The van der Waals surface area contributed by atoms with Crippen LogP contribution in [0.4, 0.5) is 5.69 Å². The van der Waals surface area contributed by atoms with Gasteiger partial charge in [-0.05, 0) is 61.6 Å². The fourth-order valence-corrected chi connectivity index (χ4v) is 5.02. The molecule has 0 fully saturated rings. The lowest BCUT2D eigenvalue weighted by Gasteiger charge is -2.35. The van der Waals surface area contributed by atoms with Crippen LogP contribution in [0.2, 0.25) is 0 Å². The molecule has 2 heterocycles. The second kappa shape index (κ2) is 13.3. The molecule has 1 aliphatic heterocycles. The van der Waals surface area contributed by atoms with Gasteiger partial charge >= 0.3 is 0 Å². The molecule has 5 nitrogen and oxygen atoms in total. The molecule has 3 N–H and O–H groups in total. The molecular weight excluding hydrogens is 428 g/mol. The summed E-state index contributed by atoms with van der Waals surface area (Å²) in [6.07, 6.45) is 8.47. The molecular formula is C27H40N4OS. The second-order valence-electron chi connectivity index (χ2n) is 8.14. The normalized spacial score (nSPS) is 16.8. The highest BCUT2D eigenvalue weighted by Crippen LogP contribution is 2.34. The van der Waals surface area contributed by atoms with Crippen molar-refractivity contribution in [3.63, 3.8) is 0 Å². The molecule has 0 saturated heterocycles. The van der Waals surface area contributed by atoms with E-state index >= 15 is 0 Å². The number of pyridine rings is 1. The Bertz CT molecular complexity index is 1010. The molecule has 0 saturated carbocycles. The van der Waals surface area contributed by atoms with Crippen LogP contribution in [0.1, 0.15) is 52.5 Å². The molecule has 0 bridgehead atoms. The Kier molecular flexibility index (Phi) is 10.8. The average Bonchev–Trinajstić information content (AvgIpc) is 2.81. The number of nitrogens with zero attached hydrogens (tertiary/aromatic N) is 1. The number of rotatable bonds is 6. The Morgan fingerprint density at radius 2 is 1.85 bits per heavy atom. The first-order chi connectivity index (χ1) is 15.9. The number of aromatic nitrogens is 1. The maximum atomic E-state index is 11.1. The molecule has 180 valence electrons. The number of hydrogen-bond donors (Lipinski definition) is 3. The van der Waals surface area contributed by atoms with Gasteiger partial charge < -0.3 is 10.6 Å². The molecule has 4 rings (SSSR count). The minimum Gasteiger partial charge on any atom is -0.326 e. The van der Waals surface area contributed by atoms with Crippen LogP contribution in [0.5, 0.6) is 0 Å². The largest absolute Gasteiger partial charge is 0.326 e. The molecule has 33 heavy (non-hydrogen) atoms. The van der Waals surface area contributed by atoms with Crippen molar-refractivity contribution in [2.24, 2.45) is 0 Å². The number of hydrogen-bond acceptors (Lipinski definition) is 4. The first kappa shape index (κ1) is 26.8. The molecule has 1 aromatic carbocycles. The predicted molar refractivity (Wildman–Crippen MR) is 146 cm³/mol. The summed E-state index contributed by atoms with van der Waals surface area (Å²) in [7, 11) is -1.54. The third-order valence-electron chi connectivity index (χ3n) is 5.69. The minimum atomic E-state index is -1.54. The summed E-state index contributed by atoms with van der Waals surface area (Å²) >= 11 is 0. The van der Waals surface area contributed by atoms with Gasteiger partial charge in [0.1, 0.15) is 0 Å². The van der Waals surface area contributed by atoms with E-state index < -0.39 is 9.39 Å². The van der Waals surface area contributed by atoms with Crippen molar-refractivity contribution in [3.05, 3.63) is 65.5 Å². The average molecular weight is 469 g/mol. The van der Waals surface area contributed by atoms with Crippen molar-refractivity contribution < 1.29 is 4.79 Å². The smallest absolute Gasteiger partial charge is 0.221 e. The van der Waals surface area contributed by atoms with E-state index in [1.165, 1.54) is 25.3 Å². The van der Waals surface area contributed by atoms with Crippen molar-refractivity contribution in [3.8, 4) is 0 Å². The third kappa shape index (κ3) is 8.46. The highest BCUT2D eigenvalue weighted by molar-refractivity contribution is 8.26. The van der Waals surface area contributed by atoms with Gasteiger partial charge in [0, 0.05) is 49.0 Å². The maximum Gasteiger partial charge on any atom is 0.221 e. The summed E-state index contributed by atoms with van der Waals surface area (Å²) in [5, 5.41) is 6.37. The maximum absolute atomic E-state index is 11.1. The molecule has 1 amide bonds. The van der Waals surface area contributed by atoms with Gasteiger partial charge in [0.05, 0.1) is 0 Å². The Labute approximate surface area is 200 Å². The summed E-state index contributed by atoms with van der Waals surface area (Å²) in [4.78, 5) is 16.1.